The molecule has 5 nitrogen and oxygen atoms in total. The van der Waals surface area contributed by atoms with Crippen LogP contribution in [-0.2, 0) is 0 Å². The van der Waals surface area contributed by atoms with E-state index in [1.165, 1.54) is 0 Å². The van der Waals surface area contributed by atoms with Crippen LogP contribution in [0, 0.1) is 0 Å². The summed E-state index contributed by atoms with van der Waals surface area (Å²) in [6.07, 6.45) is -0.597. The Kier molecular flexibility index (Phi) is 2.88. The van der Waals surface area contributed by atoms with Crippen LogP contribution in [0.2, 0.25) is 0 Å². The van der Waals surface area contributed by atoms with Gasteiger partial charge in [-0.3, -0.25) is 0 Å². The largest absolute Gasteiger partial charge is 0.390 e. The monoisotopic (exact) mass is 173 g/mol. The Hall–Kier alpha value is -0.810. The molecule has 2 amide bonds. The highest BCUT2D eigenvalue weighted by molar-refractivity contribution is 5.76. The topological polar surface area (TPSA) is 69.8 Å². The van der Waals surface area contributed by atoms with Crippen LogP contribution < -0.4 is 5.73 Å². The first-order valence-corrected chi connectivity index (χ1v) is 4.03. The average molecular weight is 173 g/mol. The fourth-order valence-electron chi connectivity index (χ4n) is 1.20. The second-order valence-corrected chi connectivity index (χ2v) is 3.04. The second kappa shape index (κ2) is 3.73. The molecule has 12 heavy (non-hydrogen) atoms. The van der Waals surface area contributed by atoms with E-state index >= 15 is 0 Å². The highest BCUT2D eigenvalue weighted by Gasteiger charge is 2.26. The molecule has 3 N–H and O–H groups in total. The third kappa shape index (κ3) is 1.86. The Morgan fingerprint density at radius 2 is 2.33 bits per heavy atom. The summed E-state index contributed by atoms with van der Waals surface area (Å²) in [5.41, 5.74) is 5.23. The Labute approximate surface area is 71.7 Å². The molecule has 1 unspecified atom stereocenters. The molecule has 5 heteroatoms. The Balaban J connectivity index is 2.39. The van der Waals surface area contributed by atoms with Crippen molar-refractivity contribution in [3.63, 3.8) is 0 Å². The molecule has 1 saturated heterocycles. The summed E-state index contributed by atoms with van der Waals surface area (Å²) in [7, 11) is 1.75. The van der Waals surface area contributed by atoms with Crippen LogP contribution >= 0.6 is 0 Å². The van der Waals surface area contributed by atoms with E-state index in [0.717, 1.165) is 6.54 Å². The third-order valence-corrected chi connectivity index (χ3v) is 2.01. The number of amides is 2. The predicted octanol–water partition coefficient (Wildman–Crippen LogP) is -1.33. The van der Waals surface area contributed by atoms with Crippen LogP contribution in [0.3, 0.4) is 0 Å². The van der Waals surface area contributed by atoms with Gasteiger partial charge in [0.2, 0.25) is 0 Å². The molecule has 70 valence electrons. The molecule has 0 aromatic heterocycles. The number of aliphatic hydroxyl groups excluding tert-OH is 1. The number of hydrogen-bond donors (Lipinski definition) is 2. The number of aliphatic hydroxyl groups is 1. The summed E-state index contributed by atoms with van der Waals surface area (Å²) in [5, 5.41) is 9.18. The van der Waals surface area contributed by atoms with Crippen LogP contribution in [0.4, 0.5) is 4.79 Å². The van der Waals surface area contributed by atoms with Gasteiger partial charge in [0, 0.05) is 33.2 Å². The van der Waals surface area contributed by atoms with Crippen LogP contribution in [0.1, 0.15) is 0 Å². The lowest BCUT2D eigenvalue weighted by atomic mass is 10.3. The first-order chi connectivity index (χ1) is 5.65. The lowest BCUT2D eigenvalue weighted by Gasteiger charge is -2.18. The summed E-state index contributed by atoms with van der Waals surface area (Å²) in [4.78, 5) is 14.5. The van der Waals surface area contributed by atoms with Gasteiger partial charge in [-0.25, -0.2) is 4.79 Å². The molecule has 0 spiro atoms. The summed E-state index contributed by atoms with van der Waals surface area (Å²) >= 11 is 0. The lowest BCUT2D eigenvalue weighted by Crippen LogP contribution is -2.38. The maximum atomic E-state index is 11.3. The SMILES string of the molecule is CN1CCN(CC(O)CN)C1=O. The van der Waals surface area contributed by atoms with E-state index in [1.54, 1.807) is 16.8 Å². The van der Waals surface area contributed by atoms with Crippen molar-refractivity contribution in [1.82, 2.24) is 9.80 Å². The molecule has 0 bridgehead atoms. The van der Waals surface area contributed by atoms with Crippen LogP contribution in [0.5, 0.6) is 0 Å². The minimum Gasteiger partial charge on any atom is -0.390 e. The van der Waals surface area contributed by atoms with E-state index in [9.17, 15) is 9.90 Å². The van der Waals surface area contributed by atoms with Crippen molar-refractivity contribution in [3.8, 4) is 0 Å². The number of carbonyl (C=O) groups excluding carboxylic acids is 1. The molecule has 1 aliphatic heterocycles. The van der Waals surface area contributed by atoms with Gasteiger partial charge in [0.1, 0.15) is 0 Å². The van der Waals surface area contributed by atoms with Gasteiger partial charge in [-0.15, -0.1) is 0 Å². The maximum Gasteiger partial charge on any atom is 0.319 e. The van der Waals surface area contributed by atoms with E-state index in [0.29, 0.717) is 13.1 Å². The molecule has 0 saturated carbocycles. The standard InChI is InChI=1S/C7H15N3O2/c1-9-2-3-10(7(9)12)5-6(11)4-8/h6,11H,2-5,8H2,1H3. The minimum atomic E-state index is -0.597. The number of likely N-dealkylation sites (N-methyl/N-ethyl adjacent to an activating group) is 1. The zero-order valence-corrected chi connectivity index (χ0v) is 7.23. The third-order valence-electron chi connectivity index (χ3n) is 2.01. The summed E-state index contributed by atoms with van der Waals surface area (Å²) in [6.45, 7) is 1.97. The number of urea groups is 1. The highest BCUT2D eigenvalue weighted by atomic mass is 16.3. The summed E-state index contributed by atoms with van der Waals surface area (Å²) < 4.78 is 0. The number of rotatable bonds is 3. The molecule has 0 aromatic carbocycles. The lowest BCUT2D eigenvalue weighted by molar-refractivity contribution is 0.134. The van der Waals surface area contributed by atoms with Gasteiger partial charge in [-0.05, 0) is 0 Å². The molecule has 1 rings (SSSR count). The summed E-state index contributed by atoms with van der Waals surface area (Å²) in [6, 6.07) is -0.0255. The fraction of sp³-hybridized carbons (Fsp3) is 0.857. The van der Waals surface area contributed by atoms with Crippen LogP contribution in [0.15, 0.2) is 0 Å². The van der Waals surface area contributed by atoms with Gasteiger partial charge < -0.3 is 20.6 Å². The number of β-amino-alcohol motifs (C(OH)–C–C–N with tert-alkyl or cyclic N) is 1. The first-order valence-electron chi connectivity index (χ1n) is 4.03. The van der Waals surface area contributed by atoms with Crippen LogP contribution in [-0.4, -0.2) is 60.3 Å². The molecule has 1 atom stereocenters. The van der Waals surface area contributed by atoms with Crippen molar-refractivity contribution in [2.24, 2.45) is 5.73 Å². The fourth-order valence-corrected chi connectivity index (χ4v) is 1.20. The van der Waals surface area contributed by atoms with Crippen molar-refractivity contribution < 1.29 is 9.90 Å². The number of hydrogen-bond acceptors (Lipinski definition) is 3. The van der Waals surface area contributed by atoms with Crippen LogP contribution in [0.25, 0.3) is 0 Å². The molecular weight excluding hydrogens is 158 g/mol. The highest BCUT2D eigenvalue weighted by Crippen LogP contribution is 2.05. The van der Waals surface area contributed by atoms with E-state index in [2.05, 4.69) is 0 Å². The van der Waals surface area contributed by atoms with Crippen molar-refractivity contribution in [2.75, 3.05) is 33.2 Å². The average Bonchev–Trinajstić information content (AvgIpc) is 2.36. The van der Waals surface area contributed by atoms with Gasteiger partial charge in [0.25, 0.3) is 0 Å². The Morgan fingerprint density at radius 3 is 2.75 bits per heavy atom. The van der Waals surface area contributed by atoms with Crippen molar-refractivity contribution in [1.29, 1.82) is 0 Å². The smallest absolute Gasteiger partial charge is 0.319 e. The van der Waals surface area contributed by atoms with Gasteiger partial charge in [0.15, 0.2) is 0 Å². The van der Waals surface area contributed by atoms with E-state index in [-0.39, 0.29) is 12.6 Å². The zero-order chi connectivity index (χ0) is 9.14. The van der Waals surface area contributed by atoms with Gasteiger partial charge in [-0.1, -0.05) is 0 Å². The van der Waals surface area contributed by atoms with E-state index in [4.69, 9.17) is 5.73 Å². The molecule has 0 aromatic rings. The van der Waals surface area contributed by atoms with Crippen molar-refractivity contribution in [3.05, 3.63) is 0 Å². The summed E-state index contributed by atoms with van der Waals surface area (Å²) in [5.74, 6) is 0. The number of carbonyl (C=O) groups is 1. The Morgan fingerprint density at radius 1 is 1.67 bits per heavy atom. The van der Waals surface area contributed by atoms with Gasteiger partial charge in [-0.2, -0.15) is 0 Å². The second-order valence-electron chi connectivity index (χ2n) is 3.04. The maximum absolute atomic E-state index is 11.3. The molecular formula is C7H15N3O2. The predicted molar refractivity (Wildman–Crippen MR) is 44.7 cm³/mol. The molecule has 0 radical (unpaired) electrons. The molecule has 1 aliphatic rings. The van der Waals surface area contributed by atoms with E-state index in [1.807, 2.05) is 0 Å². The number of nitrogens with two attached hydrogens (primary N) is 1. The van der Waals surface area contributed by atoms with Crippen molar-refractivity contribution in [2.45, 2.75) is 6.10 Å². The Bertz CT molecular complexity index is 174. The quantitative estimate of drug-likeness (QED) is 0.555. The molecule has 1 heterocycles. The molecule has 1 fully saturated rings. The van der Waals surface area contributed by atoms with Gasteiger partial charge >= 0.3 is 6.03 Å². The van der Waals surface area contributed by atoms with Gasteiger partial charge in [0.05, 0.1) is 6.10 Å². The number of nitrogens with zero attached hydrogens (tertiary/aromatic N) is 2. The normalized spacial score (nSPS) is 20.4. The van der Waals surface area contributed by atoms with Crippen molar-refractivity contribution >= 4 is 6.03 Å². The zero-order valence-electron chi connectivity index (χ0n) is 7.23. The first kappa shape index (κ1) is 9.28. The minimum absolute atomic E-state index is 0.0255. The molecule has 0 aliphatic carbocycles. The van der Waals surface area contributed by atoms with E-state index < -0.39 is 6.10 Å².